The van der Waals surface area contributed by atoms with Gasteiger partial charge in [0.15, 0.2) is 0 Å². The van der Waals surface area contributed by atoms with Crippen LogP contribution in [0.1, 0.15) is 12.6 Å². The van der Waals surface area contributed by atoms with E-state index in [-0.39, 0.29) is 11.5 Å². The number of aromatic nitrogens is 1. The van der Waals surface area contributed by atoms with Crippen LogP contribution in [-0.2, 0) is 10.0 Å². The van der Waals surface area contributed by atoms with Crippen LogP contribution < -0.4 is 9.04 Å². The van der Waals surface area contributed by atoms with Crippen LogP contribution in [0.15, 0.2) is 39.9 Å². The molecule has 0 bridgehead atoms. The normalized spacial score (nSPS) is 10.7. The van der Waals surface area contributed by atoms with E-state index in [1.165, 1.54) is 25.4 Å². The van der Waals surface area contributed by atoms with E-state index in [0.29, 0.717) is 17.1 Å². The number of hydrogen-bond donors (Lipinski definition) is 0. The van der Waals surface area contributed by atoms with E-state index in [0.717, 1.165) is 4.31 Å². The van der Waals surface area contributed by atoms with Crippen molar-refractivity contribution in [3.63, 3.8) is 0 Å². The molecule has 22 heavy (non-hydrogen) atoms. The van der Waals surface area contributed by atoms with Crippen LogP contribution in [-0.4, -0.2) is 27.2 Å². The van der Waals surface area contributed by atoms with Gasteiger partial charge in [-0.05, 0) is 38.1 Å². The molecule has 2 rings (SSSR count). The predicted octanol–water partition coefficient (Wildman–Crippen LogP) is 2.21. The molecule has 0 aliphatic heterocycles. The Morgan fingerprint density at radius 1 is 1.32 bits per heavy atom. The fourth-order valence-electron chi connectivity index (χ4n) is 1.78. The van der Waals surface area contributed by atoms with Crippen molar-refractivity contribution in [2.45, 2.75) is 18.7 Å². The minimum Gasteiger partial charge on any atom is -0.481 e. The zero-order chi connectivity index (χ0) is 16.2. The molecule has 0 saturated heterocycles. The molecule has 0 saturated carbocycles. The standard InChI is InChI=1S/C15H16N2O4S/c1-4-5-10-20-13-6-8-14(9-7-13)22(18,19)17(3)15-11-21-16-12(15)2/h6-9,11H,10H2,1-3H3. The lowest BCUT2D eigenvalue weighted by molar-refractivity contribution is 0.370. The van der Waals surface area contributed by atoms with Crippen LogP contribution in [0.5, 0.6) is 5.75 Å². The van der Waals surface area contributed by atoms with Crippen molar-refractivity contribution in [3.8, 4) is 17.6 Å². The number of benzene rings is 1. The number of aryl methyl sites for hydroxylation is 1. The van der Waals surface area contributed by atoms with Crippen LogP contribution >= 0.6 is 0 Å². The molecule has 1 aromatic carbocycles. The Morgan fingerprint density at radius 3 is 2.55 bits per heavy atom. The van der Waals surface area contributed by atoms with Crippen molar-refractivity contribution >= 4 is 15.7 Å². The van der Waals surface area contributed by atoms with E-state index in [2.05, 4.69) is 17.0 Å². The molecule has 0 radical (unpaired) electrons. The van der Waals surface area contributed by atoms with Crippen molar-refractivity contribution in [1.29, 1.82) is 0 Å². The molecular formula is C15H16N2O4S. The largest absolute Gasteiger partial charge is 0.481 e. The van der Waals surface area contributed by atoms with Crippen LogP contribution in [0.4, 0.5) is 5.69 Å². The molecule has 116 valence electrons. The van der Waals surface area contributed by atoms with Gasteiger partial charge in [-0.1, -0.05) is 11.1 Å². The molecule has 0 atom stereocenters. The van der Waals surface area contributed by atoms with Crippen LogP contribution in [0.25, 0.3) is 0 Å². The third kappa shape index (κ3) is 3.23. The molecule has 6 nitrogen and oxygen atoms in total. The van der Waals surface area contributed by atoms with Crippen molar-refractivity contribution < 1.29 is 17.7 Å². The van der Waals surface area contributed by atoms with Gasteiger partial charge in [0, 0.05) is 7.05 Å². The number of nitrogens with zero attached hydrogens (tertiary/aromatic N) is 2. The molecule has 2 aromatic rings. The first-order chi connectivity index (χ1) is 10.5. The van der Waals surface area contributed by atoms with Gasteiger partial charge in [0.05, 0.1) is 4.90 Å². The third-order valence-corrected chi connectivity index (χ3v) is 4.82. The second-order valence-corrected chi connectivity index (χ2v) is 6.41. The zero-order valence-electron chi connectivity index (χ0n) is 12.5. The Morgan fingerprint density at radius 2 is 2.00 bits per heavy atom. The molecule has 0 aliphatic carbocycles. The first kappa shape index (κ1) is 15.9. The number of rotatable bonds is 5. The molecule has 1 aromatic heterocycles. The number of anilines is 1. The van der Waals surface area contributed by atoms with Gasteiger partial charge >= 0.3 is 0 Å². The summed E-state index contributed by atoms with van der Waals surface area (Å²) in [5, 5.41) is 3.69. The van der Waals surface area contributed by atoms with Gasteiger partial charge in [-0.3, -0.25) is 4.31 Å². The topological polar surface area (TPSA) is 72.6 Å². The summed E-state index contributed by atoms with van der Waals surface area (Å²) in [4.78, 5) is 0.157. The Bertz CT molecular complexity index is 798. The summed E-state index contributed by atoms with van der Waals surface area (Å²) in [6, 6.07) is 6.17. The van der Waals surface area contributed by atoms with Crippen molar-refractivity contribution in [2.75, 3.05) is 18.0 Å². The molecule has 0 unspecified atom stereocenters. The Hall–Kier alpha value is -2.46. The number of ether oxygens (including phenoxy) is 1. The van der Waals surface area contributed by atoms with Gasteiger partial charge < -0.3 is 9.26 Å². The SMILES string of the molecule is CC#CCOc1ccc(S(=O)(=O)N(C)c2conc2C)cc1. The first-order valence-corrected chi connectivity index (χ1v) is 7.93. The van der Waals surface area contributed by atoms with E-state index >= 15 is 0 Å². The molecular weight excluding hydrogens is 304 g/mol. The van der Waals surface area contributed by atoms with Crippen LogP contribution in [0, 0.1) is 18.8 Å². The molecule has 7 heteroatoms. The third-order valence-electron chi connectivity index (χ3n) is 3.03. The van der Waals surface area contributed by atoms with E-state index in [4.69, 9.17) is 9.26 Å². The van der Waals surface area contributed by atoms with E-state index in [1.807, 2.05) is 0 Å². The average Bonchev–Trinajstić information content (AvgIpc) is 2.93. The predicted molar refractivity (Wildman–Crippen MR) is 82.2 cm³/mol. The van der Waals surface area contributed by atoms with E-state index < -0.39 is 10.0 Å². The fraction of sp³-hybridized carbons (Fsp3) is 0.267. The Balaban J connectivity index is 2.22. The Labute approximate surface area is 129 Å². The molecule has 0 spiro atoms. The smallest absolute Gasteiger partial charge is 0.264 e. The molecule has 0 amide bonds. The maximum atomic E-state index is 12.5. The summed E-state index contributed by atoms with van der Waals surface area (Å²) < 4.78 is 36.4. The van der Waals surface area contributed by atoms with E-state index in [1.54, 1.807) is 26.0 Å². The second-order valence-electron chi connectivity index (χ2n) is 4.44. The summed E-state index contributed by atoms with van der Waals surface area (Å²) in [6.07, 6.45) is 1.30. The maximum absolute atomic E-state index is 12.5. The number of sulfonamides is 1. The highest BCUT2D eigenvalue weighted by Crippen LogP contribution is 2.25. The first-order valence-electron chi connectivity index (χ1n) is 6.49. The molecule has 0 N–H and O–H groups in total. The molecule has 0 fully saturated rings. The monoisotopic (exact) mass is 320 g/mol. The lowest BCUT2D eigenvalue weighted by atomic mass is 10.3. The van der Waals surface area contributed by atoms with Gasteiger partial charge in [0.25, 0.3) is 10.0 Å². The summed E-state index contributed by atoms with van der Waals surface area (Å²) >= 11 is 0. The maximum Gasteiger partial charge on any atom is 0.264 e. The minimum absolute atomic E-state index is 0.157. The highest BCUT2D eigenvalue weighted by Gasteiger charge is 2.24. The van der Waals surface area contributed by atoms with Crippen LogP contribution in [0.2, 0.25) is 0 Å². The Kier molecular flexibility index (Phi) is 4.73. The van der Waals surface area contributed by atoms with Gasteiger partial charge in [0.2, 0.25) is 0 Å². The van der Waals surface area contributed by atoms with Crippen LogP contribution in [0.3, 0.4) is 0 Å². The van der Waals surface area contributed by atoms with E-state index in [9.17, 15) is 8.42 Å². The van der Waals surface area contributed by atoms with Gasteiger partial charge in [-0.25, -0.2) is 8.42 Å². The molecule has 0 aliphatic rings. The van der Waals surface area contributed by atoms with Crippen molar-refractivity contribution in [1.82, 2.24) is 5.16 Å². The van der Waals surface area contributed by atoms with Gasteiger partial charge in [0.1, 0.15) is 30.0 Å². The van der Waals surface area contributed by atoms with Crippen molar-refractivity contribution in [2.24, 2.45) is 0 Å². The minimum atomic E-state index is -3.68. The highest BCUT2D eigenvalue weighted by atomic mass is 32.2. The lowest BCUT2D eigenvalue weighted by Gasteiger charge is -2.17. The summed E-state index contributed by atoms with van der Waals surface area (Å²) in [7, 11) is -2.22. The highest BCUT2D eigenvalue weighted by molar-refractivity contribution is 7.92. The zero-order valence-corrected chi connectivity index (χ0v) is 13.3. The van der Waals surface area contributed by atoms with Gasteiger partial charge in [-0.2, -0.15) is 0 Å². The second kappa shape index (κ2) is 6.54. The lowest BCUT2D eigenvalue weighted by Crippen LogP contribution is -2.26. The average molecular weight is 320 g/mol. The quantitative estimate of drug-likeness (QED) is 0.790. The van der Waals surface area contributed by atoms with Gasteiger partial charge in [-0.15, -0.1) is 5.92 Å². The summed E-state index contributed by atoms with van der Waals surface area (Å²) in [5.41, 5.74) is 0.905. The molecule has 1 heterocycles. The van der Waals surface area contributed by atoms with Crippen molar-refractivity contribution in [3.05, 3.63) is 36.2 Å². The summed E-state index contributed by atoms with van der Waals surface area (Å²) in [5.74, 6) is 6.05. The fourth-order valence-corrected chi connectivity index (χ4v) is 3.01. The number of hydrogen-bond acceptors (Lipinski definition) is 5. The summed E-state index contributed by atoms with van der Waals surface area (Å²) in [6.45, 7) is 3.67.